The minimum atomic E-state index is -1.24. The van der Waals surface area contributed by atoms with Crippen molar-refractivity contribution < 1.29 is 16.3 Å². The summed E-state index contributed by atoms with van der Waals surface area (Å²) in [6.07, 6.45) is 6.56. The summed E-state index contributed by atoms with van der Waals surface area (Å²) in [6, 6.07) is 0. The molecule has 0 bridgehead atoms. The Morgan fingerprint density at radius 2 is 1.84 bits per heavy atom. The fourth-order valence-electron chi connectivity index (χ4n) is 1.57. The van der Waals surface area contributed by atoms with E-state index in [9.17, 15) is 0 Å². The van der Waals surface area contributed by atoms with Crippen molar-refractivity contribution in [1.82, 2.24) is 0 Å². The topological polar surface area (TPSA) is 0 Å². The van der Waals surface area contributed by atoms with Crippen LogP contribution >= 0.6 is 13.6 Å². The molecular formula is C16H29BrSiZn. The van der Waals surface area contributed by atoms with Gasteiger partial charge < -0.3 is 5.73 Å². The number of allylic oxidation sites excluding steroid dienone is 2. The van der Waals surface area contributed by atoms with Crippen molar-refractivity contribution in [1.29, 1.82) is 0 Å². The fourth-order valence-corrected chi connectivity index (χ4v) is 2.12. The molecule has 3 heteroatoms. The summed E-state index contributed by atoms with van der Waals surface area (Å²) in [5, 5.41) is 0. The quantitative estimate of drug-likeness (QED) is 0.161. The van der Waals surface area contributed by atoms with Crippen LogP contribution in [0.15, 0.2) is 24.0 Å². The van der Waals surface area contributed by atoms with E-state index in [1.807, 2.05) is 6.08 Å². The van der Waals surface area contributed by atoms with Crippen LogP contribution in [-0.4, -0.2) is 8.07 Å². The Morgan fingerprint density at radius 3 is 2.21 bits per heavy atom. The third-order valence-corrected chi connectivity index (χ3v) is 3.12. The zero-order valence-corrected chi connectivity index (χ0v) is 19.3. The normalized spacial score (nSPS) is 11.0. The van der Waals surface area contributed by atoms with Gasteiger partial charge in [0.05, 0.1) is 0 Å². The van der Waals surface area contributed by atoms with Crippen molar-refractivity contribution in [3.63, 3.8) is 0 Å². The number of unbranched alkanes of at least 4 members (excludes halogenated alkanes) is 1. The Balaban J connectivity index is 0. The van der Waals surface area contributed by atoms with Crippen LogP contribution in [-0.2, 0) is 16.3 Å². The summed E-state index contributed by atoms with van der Waals surface area (Å²) >= 11 is 4.25. The number of hydrogen-bond donors (Lipinski definition) is 0. The van der Waals surface area contributed by atoms with Crippen LogP contribution in [0.4, 0.5) is 0 Å². The summed E-state index contributed by atoms with van der Waals surface area (Å²) < 4.78 is 0. The molecule has 0 saturated carbocycles. The predicted octanol–water partition coefficient (Wildman–Crippen LogP) is 6.38. The van der Waals surface area contributed by atoms with Crippen LogP contribution in [0, 0.1) is 11.1 Å². The van der Waals surface area contributed by atoms with E-state index in [-0.39, 0.29) is 0 Å². The molecule has 0 N–H and O–H groups in total. The Labute approximate surface area is 138 Å². The molecule has 0 rings (SSSR count). The van der Waals surface area contributed by atoms with E-state index in [0.29, 0.717) is 5.41 Å². The fraction of sp³-hybridized carbons (Fsp3) is 0.688. The van der Waals surface area contributed by atoms with Gasteiger partial charge >= 0.3 is 30.0 Å². The van der Waals surface area contributed by atoms with Crippen LogP contribution in [0.2, 0.25) is 19.6 Å². The molecule has 0 fully saturated rings. The van der Waals surface area contributed by atoms with Gasteiger partial charge in [-0.25, -0.2) is 5.70 Å². The standard InChI is InChI=1S/C16H29Si.BrH.Zn/c1-8-9-10-11-15(14-16(2,3)4)12-13-17(5,6)7;;/h8H,1,9-11,14H2,2-7H3;1H;/q-1;;+2/p-1. The first-order chi connectivity index (χ1) is 8.64. The van der Waals surface area contributed by atoms with Gasteiger partial charge in [-0.15, -0.1) is 6.58 Å². The second-order valence-electron chi connectivity index (χ2n) is 7.02. The molecule has 0 radical (unpaired) electrons. The zero-order chi connectivity index (χ0) is 15.5. The Morgan fingerprint density at radius 1 is 1.32 bits per heavy atom. The molecule has 0 spiro atoms. The van der Waals surface area contributed by atoms with Gasteiger partial charge in [0.2, 0.25) is 0 Å². The van der Waals surface area contributed by atoms with E-state index in [1.165, 1.54) is 28.3 Å². The molecule has 0 amide bonds. The van der Waals surface area contributed by atoms with Crippen LogP contribution in [0.1, 0.15) is 46.5 Å². The van der Waals surface area contributed by atoms with Crippen molar-refractivity contribution >= 4 is 21.7 Å². The summed E-state index contributed by atoms with van der Waals surface area (Å²) in [6.45, 7) is 17.6. The van der Waals surface area contributed by atoms with E-state index in [2.05, 4.69) is 72.0 Å². The first kappa shape index (κ1) is 21.9. The van der Waals surface area contributed by atoms with Crippen molar-refractivity contribution in [3.8, 4) is 0 Å². The van der Waals surface area contributed by atoms with Crippen LogP contribution in [0.25, 0.3) is 0 Å². The molecule has 0 atom stereocenters. The van der Waals surface area contributed by atoms with Crippen molar-refractivity contribution in [2.24, 2.45) is 5.41 Å². The van der Waals surface area contributed by atoms with Crippen molar-refractivity contribution in [2.75, 3.05) is 0 Å². The van der Waals surface area contributed by atoms with E-state index < -0.39 is 8.07 Å². The number of hydrogen-bond acceptors (Lipinski definition) is 0. The van der Waals surface area contributed by atoms with Gasteiger partial charge in [-0.2, -0.15) is 5.57 Å². The van der Waals surface area contributed by atoms with E-state index in [1.54, 1.807) is 0 Å². The van der Waals surface area contributed by atoms with Gasteiger partial charge in [0.25, 0.3) is 0 Å². The molecule has 0 saturated heterocycles. The number of rotatable bonds is 6. The molecular weight excluding hydrogens is 366 g/mol. The second-order valence-corrected chi connectivity index (χ2v) is 11.8. The Bertz CT molecular complexity index is 302. The molecule has 0 aromatic rings. The Kier molecular flexibility index (Phi) is 13.0. The zero-order valence-electron chi connectivity index (χ0n) is 13.7. The second kappa shape index (κ2) is 11.3. The van der Waals surface area contributed by atoms with Crippen LogP contribution in [0.3, 0.4) is 0 Å². The van der Waals surface area contributed by atoms with Gasteiger partial charge in [-0.3, -0.25) is 0 Å². The maximum absolute atomic E-state index is 3.78. The number of halogens is 1. The molecule has 0 aromatic heterocycles. The van der Waals surface area contributed by atoms with E-state index in [0.717, 1.165) is 19.3 Å². The molecule has 0 heterocycles. The first-order valence-corrected chi connectivity index (χ1v) is 17.3. The van der Waals surface area contributed by atoms with E-state index >= 15 is 0 Å². The molecule has 19 heavy (non-hydrogen) atoms. The minimum absolute atomic E-state index is 0.345. The third-order valence-electron chi connectivity index (χ3n) is 2.24. The molecule has 0 unspecified atom stereocenters. The summed E-state index contributed by atoms with van der Waals surface area (Å²) in [7, 11) is -1.24. The molecule has 106 valence electrons. The van der Waals surface area contributed by atoms with Crippen LogP contribution < -0.4 is 0 Å². The SMILES string of the molecule is C=CCCCC(=C=[C-][Si](C)(C)C)CC(C)(C)C.[Zn+][Br]. The monoisotopic (exact) mass is 392 g/mol. The first-order valence-electron chi connectivity index (χ1n) is 6.89. The molecule has 0 nitrogen and oxygen atoms in total. The van der Waals surface area contributed by atoms with Gasteiger partial charge in [0.15, 0.2) is 0 Å². The summed E-state index contributed by atoms with van der Waals surface area (Å²) in [5.41, 5.74) is 8.74. The third kappa shape index (κ3) is 18.6. The van der Waals surface area contributed by atoms with Crippen molar-refractivity contribution in [3.05, 3.63) is 29.7 Å². The molecule has 0 aliphatic carbocycles. The Hall–Kier alpha value is 0.580. The van der Waals surface area contributed by atoms with Gasteiger partial charge in [0.1, 0.15) is 0 Å². The van der Waals surface area contributed by atoms with Crippen molar-refractivity contribution in [2.45, 2.75) is 66.1 Å². The maximum atomic E-state index is 3.78. The molecule has 0 aliphatic rings. The molecule has 0 aliphatic heterocycles. The summed E-state index contributed by atoms with van der Waals surface area (Å²) in [5.74, 6) is 0. The molecule has 0 aromatic carbocycles. The van der Waals surface area contributed by atoms with Gasteiger partial charge in [-0.05, 0) is 19.9 Å². The van der Waals surface area contributed by atoms with Crippen LogP contribution in [0.5, 0.6) is 0 Å². The average molecular weight is 395 g/mol. The van der Waals surface area contributed by atoms with Gasteiger partial charge in [0, 0.05) is 0 Å². The predicted molar refractivity (Wildman–Crippen MR) is 90.7 cm³/mol. The van der Waals surface area contributed by atoms with Gasteiger partial charge in [-0.1, -0.05) is 65.8 Å². The average Bonchev–Trinajstić information content (AvgIpc) is 2.26. The van der Waals surface area contributed by atoms with E-state index in [4.69, 9.17) is 0 Å². The summed E-state index contributed by atoms with van der Waals surface area (Å²) in [4.78, 5) is 0.